The summed E-state index contributed by atoms with van der Waals surface area (Å²) in [6.07, 6.45) is -4.35. The van der Waals surface area contributed by atoms with Gasteiger partial charge in [0.25, 0.3) is 0 Å². The summed E-state index contributed by atoms with van der Waals surface area (Å²) in [5.74, 6) is 0.163. The van der Waals surface area contributed by atoms with Crippen LogP contribution in [-0.4, -0.2) is 12.8 Å². The van der Waals surface area contributed by atoms with E-state index in [1.54, 1.807) is 19.1 Å². The van der Waals surface area contributed by atoms with E-state index in [-0.39, 0.29) is 11.8 Å². The fourth-order valence-electron chi connectivity index (χ4n) is 1.17. The lowest BCUT2D eigenvalue weighted by molar-refractivity contribution is -0.153. The van der Waals surface area contributed by atoms with Gasteiger partial charge in [0, 0.05) is 16.1 Å². The zero-order chi connectivity index (χ0) is 12.3. The molecule has 6 heteroatoms. The largest absolute Gasteiger partial charge is 0.484 e. The van der Waals surface area contributed by atoms with Crippen LogP contribution in [0.1, 0.15) is 18.5 Å². The topological polar surface area (TPSA) is 35.2 Å². The van der Waals surface area contributed by atoms with E-state index < -0.39 is 12.8 Å². The summed E-state index contributed by atoms with van der Waals surface area (Å²) < 4.78 is 41.4. The van der Waals surface area contributed by atoms with Gasteiger partial charge in [-0.05, 0) is 25.1 Å². The minimum Gasteiger partial charge on any atom is -0.484 e. The highest BCUT2D eigenvalue weighted by molar-refractivity contribution is 9.10. The van der Waals surface area contributed by atoms with Gasteiger partial charge in [-0.3, -0.25) is 0 Å². The molecule has 1 aromatic rings. The van der Waals surface area contributed by atoms with Gasteiger partial charge in [-0.2, -0.15) is 13.2 Å². The molecule has 0 heterocycles. The van der Waals surface area contributed by atoms with Crippen molar-refractivity contribution < 1.29 is 17.9 Å². The minimum absolute atomic E-state index is 0.163. The first-order valence-electron chi connectivity index (χ1n) is 4.54. The molecule has 1 unspecified atom stereocenters. The van der Waals surface area contributed by atoms with E-state index in [4.69, 9.17) is 10.5 Å². The number of ether oxygens (including phenoxy) is 1. The Morgan fingerprint density at radius 2 is 2.06 bits per heavy atom. The quantitative estimate of drug-likeness (QED) is 0.928. The number of rotatable bonds is 3. The van der Waals surface area contributed by atoms with Crippen LogP contribution in [-0.2, 0) is 0 Å². The molecule has 0 saturated carbocycles. The summed E-state index contributed by atoms with van der Waals surface area (Å²) in [5.41, 5.74) is 6.18. The predicted molar refractivity (Wildman–Crippen MR) is 58.3 cm³/mol. The van der Waals surface area contributed by atoms with E-state index in [2.05, 4.69) is 15.9 Å². The number of halogens is 4. The molecule has 0 radical (unpaired) electrons. The molecule has 1 aromatic carbocycles. The first kappa shape index (κ1) is 13.3. The van der Waals surface area contributed by atoms with Crippen molar-refractivity contribution in [2.75, 3.05) is 6.61 Å². The van der Waals surface area contributed by atoms with Gasteiger partial charge in [0.15, 0.2) is 6.61 Å². The summed E-state index contributed by atoms with van der Waals surface area (Å²) >= 11 is 3.22. The summed E-state index contributed by atoms with van der Waals surface area (Å²) in [6.45, 7) is 0.372. The normalized spacial score (nSPS) is 13.6. The highest BCUT2D eigenvalue weighted by atomic mass is 79.9. The molecule has 0 bridgehead atoms. The minimum atomic E-state index is -4.35. The van der Waals surface area contributed by atoms with Crippen LogP contribution in [0, 0.1) is 0 Å². The van der Waals surface area contributed by atoms with Gasteiger partial charge in [0.05, 0.1) is 0 Å². The zero-order valence-electron chi connectivity index (χ0n) is 8.51. The number of benzene rings is 1. The Bertz CT molecular complexity index is 366. The lowest BCUT2D eigenvalue weighted by atomic mass is 10.1. The van der Waals surface area contributed by atoms with Crippen LogP contribution >= 0.6 is 15.9 Å². The second-order valence-electron chi connectivity index (χ2n) is 3.37. The Kier molecular flexibility index (Phi) is 4.21. The molecular formula is C10H11BrF3NO. The molecule has 2 nitrogen and oxygen atoms in total. The number of nitrogens with two attached hydrogens (primary N) is 1. The molecule has 0 aliphatic heterocycles. The summed E-state index contributed by atoms with van der Waals surface area (Å²) in [4.78, 5) is 0. The van der Waals surface area contributed by atoms with E-state index in [1.165, 1.54) is 6.07 Å². The van der Waals surface area contributed by atoms with Gasteiger partial charge in [0.2, 0.25) is 0 Å². The summed E-state index contributed by atoms with van der Waals surface area (Å²) in [6, 6.07) is 4.34. The Hall–Kier alpha value is -0.750. The lowest BCUT2D eigenvalue weighted by Gasteiger charge is -2.15. The molecule has 0 amide bonds. The first-order chi connectivity index (χ1) is 7.29. The maximum Gasteiger partial charge on any atom is 0.422 e. The average Bonchev–Trinajstić information content (AvgIpc) is 2.14. The van der Waals surface area contributed by atoms with Crippen LogP contribution in [0.4, 0.5) is 13.2 Å². The van der Waals surface area contributed by atoms with Crippen molar-refractivity contribution in [1.82, 2.24) is 0 Å². The van der Waals surface area contributed by atoms with Gasteiger partial charge in [0.1, 0.15) is 5.75 Å². The van der Waals surface area contributed by atoms with Crippen molar-refractivity contribution >= 4 is 15.9 Å². The van der Waals surface area contributed by atoms with Gasteiger partial charge in [-0.15, -0.1) is 0 Å². The van der Waals surface area contributed by atoms with Crippen LogP contribution in [0.15, 0.2) is 22.7 Å². The maximum absolute atomic E-state index is 12.0. The van der Waals surface area contributed by atoms with E-state index in [0.717, 1.165) is 4.47 Å². The van der Waals surface area contributed by atoms with Crippen molar-refractivity contribution in [2.24, 2.45) is 5.73 Å². The molecule has 90 valence electrons. The molecule has 0 fully saturated rings. The van der Waals surface area contributed by atoms with E-state index in [9.17, 15) is 13.2 Å². The van der Waals surface area contributed by atoms with Crippen molar-refractivity contribution in [3.05, 3.63) is 28.2 Å². The average molecular weight is 298 g/mol. The molecule has 0 spiro atoms. The standard InChI is InChI=1S/C10H11BrF3NO/c1-6(15)8-4-7(11)2-3-9(8)16-5-10(12,13)14/h2-4,6H,5,15H2,1H3. The third-order valence-corrected chi connectivity index (χ3v) is 2.35. The lowest BCUT2D eigenvalue weighted by Crippen LogP contribution is -2.20. The molecule has 0 aliphatic rings. The number of hydrogen-bond donors (Lipinski definition) is 1. The van der Waals surface area contributed by atoms with E-state index in [1.807, 2.05) is 0 Å². The SMILES string of the molecule is CC(N)c1cc(Br)ccc1OCC(F)(F)F. The van der Waals surface area contributed by atoms with Crippen molar-refractivity contribution in [3.8, 4) is 5.75 Å². The van der Waals surface area contributed by atoms with Gasteiger partial charge < -0.3 is 10.5 Å². The van der Waals surface area contributed by atoms with Crippen LogP contribution in [0.2, 0.25) is 0 Å². The van der Waals surface area contributed by atoms with Crippen molar-refractivity contribution in [2.45, 2.75) is 19.1 Å². The summed E-state index contributed by atoms with van der Waals surface area (Å²) in [7, 11) is 0. The van der Waals surface area contributed by atoms with Crippen LogP contribution in [0.5, 0.6) is 5.75 Å². The fourth-order valence-corrected chi connectivity index (χ4v) is 1.54. The third kappa shape index (κ3) is 4.02. The second kappa shape index (κ2) is 5.05. The smallest absolute Gasteiger partial charge is 0.422 e. The second-order valence-corrected chi connectivity index (χ2v) is 4.29. The third-order valence-electron chi connectivity index (χ3n) is 1.85. The van der Waals surface area contributed by atoms with Crippen LogP contribution in [0.25, 0.3) is 0 Å². The monoisotopic (exact) mass is 297 g/mol. The van der Waals surface area contributed by atoms with Gasteiger partial charge in [-0.25, -0.2) is 0 Å². The molecule has 16 heavy (non-hydrogen) atoms. The van der Waals surface area contributed by atoms with Crippen molar-refractivity contribution in [1.29, 1.82) is 0 Å². The highest BCUT2D eigenvalue weighted by Gasteiger charge is 2.29. The number of hydrogen-bond acceptors (Lipinski definition) is 2. The molecule has 2 N–H and O–H groups in total. The Labute approximate surface area is 99.7 Å². The highest BCUT2D eigenvalue weighted by Crippen LogP contribution is 2.28. The molecular weight excluding hydrogens is 287 g/mol. The maximum atomic E-state index is 12.0. The molecule has 1 atom stereocenters. The summed E-state index contributed by atoms with van der Waals surface area (Å²) in [5, 5.41) is 0. The molecule has 0 saturated heterocycles. The Balaban J connectivity index is 2.87. The van der Waals surface area contributed by atoms with Crippen LogP contribution < -0.4 is 10.5 Å². The number of alkyl halides is 3. The first-order valence-corrected chi connectivity index (χ1v) is 5.33. The van der Waals surface area contributed by atoms with Crippen molar-refractivity contribution in [3.63, 3.8) is 0 Å². The van der Waals surface area contributed by atoms with Gasteiger partial charge in [-0.1, -0.05) is 15.9 Å². The predicted octanol–water partition coefficient (Wildman–Crippen LogP) is 3.41. The Morgan fingerprint density at radius 3 is 2.56 bits per heavy atom. The molecule has 1 rings (SSSR count). The zero-order valence-corrected chi connectivity index (χ0v) is 10.1. The van der Waals surface area contributed by atoms with E-state index in [0.29, 0.717) is 5.56 Å². The van der Waals surface area contributed by atoms with E-state index >= 15 is 0 Å². The molecule has 0 aliphatic carbocycles. The van der Waals surface area contributed by atoms with Crippen LogP contribution in [0.3, 0.4) is 0 Å². The fraction of sp³-hybridized carbons (Fsp3) is 0.400. The molecule has 0 aromatic heterocycles. The Morgan fingerprint density at radius 1 is 1.44 bits per heavy atom. The van der Waals surface area contributed by atoms with Gasteiger partial charge >= 0.3 is 6.18 Å².